The zero-order chi connectivity index (χ0) is 14.2. The minimum Gasteiger partial charge on any atom is -0.480 e. The SMILES string of the molecule is C[C@@H]1C2C[C@@H](C[C@H]1N(COC=O)CC(=O)O)C2(C)C. The Morgan fingerprint density at radius 2 is 2.16 bits per heavy atom. The van der Waals surface area contributed by atoms with Crippen LogP contribution in [0.4, 0.5) is 0 Å². The summed E-state index contributed by atoms with van der Waals surface area (Å²) in [6, 6.07) is 0.202. The normalized spacial score (nSPS) is 35.6. The third-order valence-corrected chi connectivity index (χ3v) is 5.43. The maximum absolute atomic E-state index is 11.0. The number of carboxylic acid groups (broad SMARTS) is 1. The van der Waals surface area contributed by atoms with Crippen LogP contribution in [0.5, 0.6) is 0 Å². The Morgan fingerprint density at radius 3 is 2.63 bits per heavy atom. The summed E-state index contributed by atoms with van der Waals surface area (Å²) in [5, 5.41) is 8.99. The summed E-state index contributed by atoms with van der Waals surface area (Å²) in [6.07, 6.45) is 2.25. The first-order valence-corrected chi connectivity index (χ1v) is 6.89. The summed E-state index contributed by atoms with van der Waals surface area (Å²) in [5.41, 5.74) is 0.371. The van der Waals surface area contributed by atoms with Crippen molar-refractivity contribution in [2.24, 2.45) is 23.2 Å². The smallest absolute Gasteiger partial charge is 0.317 e. The van der Waals surface area contributed by atoms with Gasteiger partial charge in [0.2, 0.25) is 0 Å². The van der Waals surface area contributed by atoms with Gasteiger partial charge in [-0.15, -0.1) is 0 Å². The first kappa shape index (κ1) is 14.3. The molecule has 2 bridgehead atoms. The van der Waals surface area contributed by atoms with E-state index in [0.29, 0.717) is 29.6 Å². The fourth-order valence-corrected chi connectivity index (χ4v) is 4.16. The Hall–Kier alpha value is -1.10. The zero-order valence-corrected chi connectivity index (χ0v) is 11.8. The topological polar surface area (TPSA) is 66.8 Å². The van der Waals surface area contributed by atoms with Gasteiger partial charge in [0.25, 0.3) is 6.47 Å². The monoisotopic (exact) mass is 269 g/mol. The third-order valence-electron chi connectivity index (χ3n) is 5.43. The van der Waals surface area contributed by atoms with E-state index in [9.17, 15) is 9.59 Å². The molecule has 3 aliphatic carbocycles. The quantitative estimate of drug-likeness (QED) is 0.585. The Labute approximate surface area is 113 Å². The number of fused-ring (bicyclic) bond motifs is 2. The predicted molar refractivity (Wildman–Crippen MR) is 69.3 cm³/mol. The van der Waals surface area contributed by atoms with Gasteiger partial charge in [-0.05, 0) is 36.0 Å². The number of ether oxygens (including phenoxy) is 1. The Balaban J connectivity index is 2.06. The van der Waals surface area contributed by atoms with Crippen LogP contribution in [0.3, 0.4) is 0 Å². The lowest BCUT2D eigenvalue weighted by Gasteiger charge is -2.63. The lowest BCUT2D eigenvalue weighted by atomic mass is 9.44. The van der Waals surface area contributed by atoms with Crippen molar-refractivity contribution < 1.29 is 19.4 Å². The molecule has 0 saturated heterocycles. The molecule has 0 aromatic heterocycles. The molecule has 3 aliphatic rings. The van der Waals surface area contributed by atoms with Crippen LogP contribution in [0, 0.1) is 23.2 Å². The highest BCUT2D eigenvalue weighted by molar-refractivity contribution is 5.69. The van der Waals surface area contributed by atoms with Crippen molar-refractivity contribution in [2.75, 3.05) is 13.3 Å². The summed E-state index contributed by atoms with van der Waals surface area (Å²) in [5.74, 6) is 0.866. The molecule has 3 rings (SSSR count). The van der Waals surface area contributed by atoms with Crippen LogP contribution in [0.15, 0.2) is 0 Å². The molecule has 0 aromatic carbocycles. The van der Waals surface area contributed by atoms with Crippen molar-refractivity contribution in [3.63, 3.8) is 0 Å². The molecule has 0 aromatic rings. The van der Waals surface area contributed by atoms with E-state index in [0.717, 1.165) is 6.42 Å². The molecule has 0 heterocycles. The molecule has 3 fully saturated rings. The van der Waals surface area contributed by atoms with E-state index in [1.54, 1.807) is 4.90 Å². The van der Waals surface area contributed by atoms with E-state index >= 15 is 0 Å². The van der Waals surface area contributed by atoms with Gasteiger partial charge in [-0.25, -0.2) is 0 Å². The van der Waals surface area contributed by atoms with Gasteiger partial charge in [-0.1, -0.05) is 20.8 Å². The van der Waals surface area contributed by atoms with Gasteiger partial charge >= 0.3 is 5.97 Å². The van der Waals surface area contributed by atoms with Crippen LogP contribution in [-0.2, 0) is 14.3 Å². The molecular formula is C14H23NO4. The predicted octanol–water partition coefficient (Wildman–Crippen LogP) is 1.57. The number of nitrogens with zero attached hydrogens (tertiary/aromatic N) is 1. The Kier molecular flexibility index (Phi) is 3.85. The Bertz CT molecular complexity index is 368. The van der Waals surface area contributed by atoms with Gasteiger partial charge in [0.1, 0.15) is 6.73 Å². The molecule has 108 valence electrons. The molecule has 0 amide bonds. The standard InChI is InChI=1S/C14H23NO4/c1-9-11-4-10(14(11,2)3)5-12(9)15(6-13(17)18)7-19-8-16/h8-12H,4-7H2,1-3H3,(H,17,18)/t9-,10+,11?,12-/m1/s1. The number of aliphatic carboxylic acids is 1. The highest BCUT2D eigenvalue weighted by Crippen LogP contribution is 2.61. The van der Waals surface area contributed by atoms with Crippen molar-refractivity contribution in [3.05, 3.63) is 0 Å². The van der Waals surface area contributed by atoms with Crippen molar-refractivity contribution in [1.29, 1.82) is 0 Å². The lowest BCUT2D eigenvalue weighted by molar-refractivity contribution is -0.164. The van der Waals surface area contributed by atoms with Crippen molar-refractivity contribution in [2.45, 2.75) is 39.7 Å². The van der Waals surface area contributed by atoms with E-state index < -0.39 is 5.97 Å². The molecule has 0 aliphatic heterocycles. The van der Waals surface area contributed by atoms with Crippen molar-refractivity contribution in [3.8, 4) is 0 Å². The van der Waals surface area contributed by atoms with Gasteiger partial charge in [-0.2, -0.15) is 0 Å². The largest absolute Gasteiger partial charge is 0.480 e. The van der Waals surface area contributed by atoms with Gasteiger partial charge in [-0.3, -0.25) is 14.5 Å². The molecule has 1 N–H and O–H groups in total. The second kappa shape index (κ2) is 5.12. The van der Waals surface area contributed by atoms with Gasteiger partial charge in [0, 0.05) is 6.04 Å². The van der Waals surface area contributed by atoms with E-state index in [1.807, 2.05) is 0 Å². The van der Waals surface area contributed by atoms with E-state index in [-0.39, 0.29) is 19.3 Å². The maximum atomic E-state index is 11.0. The third kappa shape index (κ3) is 2.48. The molecule has 0 spiro atoms. The Morgan fingerprint density at radius 1 is 1.47 bits per heavy atom. The summed E-state index contributed by atoms with van der Waals surface area (Å²) in [4.78, 5) is 23.1. The van der Waals surface area contributed by atoms with Crippen LogP contribution in [-0.4, -0.2) is 41.8 Å². The van der Waals surface area contributed by atoms with Crippen molar-refractivity contribution >= 4 is 12.4 Å². The molecule has 19 heavy (non-hydrogen) atoms. The minimum absolute atomic E-state index is 0.0668. The fraction of sp³-hybridized carbons (Fsp3) is 0.857. The second-order valence-corrected chi connectivity index (χ2v) is 6.56. The molecule has 3 saturated carbocycles. The number of rotatable bonds is 6. The molecule has 5 nitrogen and oxygen atoms in total. The van der Waals surface area contributed by atoms with Gasteiger partial charge in [0.15, 0.2) is 0 Å². The molecule has 5 heteroatoms. The van der Waals surface area contributed by atoms with Gasteiger partial charge < -0.3 is 9.84 Å². The van der Waals surface area contributed by atoms with Crippen LogP contribution in [0.1, 0.15) is 33.6 Å². The molecule has 0 radical (unpaired) electrons. The van der Waals surface area contributed by atoms with Crippen LogP contribution in [0.2, 0.25) is 0 Å². The maximum Gasteiger partial charge on any atom is 0.317 e. The van der Waals surface area contributed by atoms with Crippen LogP contribution >= 0.6 is 0 Å². The first-order valence-electron chi connectivity index (χ1n) is 6.89. The first-order chi connectivity index (χ1) is 8.87. The average Bonchev–Trinajstić information content (AvgIpc) is 2.33. The van der Waals surface area contributed by atoms with Crippen LogP contribution in [0.25, 0.3) is 0 Å². The van der Waals surface area contributed by atoms with Crippen LogP contribution < -0.4 is 0 Å². The number of carboxylic acids is 1. The van der Waals surface area contributed by atoms with Gasteiger partial charge in [0.05, 0.1) is 6.54 Å². The highest BCUT2D eigenvalue weighted by atomic mass is 16.5. The fourth-order valence-electron chi connectivity index (χ4n) is 4.16. The van der Waals surface area contributed by atoms with E-state index in [1.165, 1.54) is 6.42 Å². The molecule has 1 unspecified atom stereocenters. The zero-order valence-electron chi connectivity index (χ0n) is 11.8. The summed E-state index contributed by atoms with van der Waals surface area (Å²) >= 11 is 0. The number of carbonyl (C=O) groups excluding carboxylic acids is 1. The summed E-state index contributed by atoms with van der Waals surface area (Å²) < 4.78 is 4.78. The minimum atomic E-state index is -0.875. The number of carbonyl (C=O) groups is 2. The average molecular weight is 269 g/mol. The van der Waals surface area contributed by atoms with E-state index in [2.05, 4.69) is 20.8 Å². The van der Waals surface area contributed by atoms with E-state index in [4.69, 9.17) is 9.84 Å². The highest BCUT2D eigenvalue weighted by Gasteiger charge is 2.57. The summed E-state index contributed by atoms with van der Waals surface area (Å²) in [6.45, 7) is 7.20. The number of hydrogen-bond donors (Lipinski definition) is 1. The second-order valence-electron chi connectivity index (χ2n) is 6.56. The lowest BCUT2D eigenvalue weighted by Crippen LogP contribution is -2.61. The number of hydrogen-bond acceptors (Lipinski definition) is 4. The molecular weight excluding hydrogens is 246 g/mol. The summed E-state index contributed by atoms with van der Waals surface area (Å²) in [7, 11) is 0. The van der Waals surface area contributed by atoms with Crippen molar-refractivity contribution in [1.82, 2.24) is 4.90 Å². The molecule has 4 atom stereocenters.